The van der Waals surface area contributed by atoms with Crippen LogP contribution >= 0.6 is 0 Å². The molecule has 0 heterocycles. The highest BCUT2D eigenvalue weighted by Crippen LogP contribution is 2.28. The fourth-order valence-corrected chi connectivity index (χ4v) is 1.29. The second kappa shape index (κ2) is 4.82. The third kappa shape index (κ3) is 3.76. The van der Waals surface area contributed by atoms with Gasteiger partial charge in [-0.25, -0.2) is 9.59 Å². The van der Waals surface area contributed by atoms with Gasteiger partial charge in [-0.3, -0.25) is 4.79 Å². The summed E-state index contributed by atoms with van der Waals surface area (Å²) in [4.78, 5) is 32.6. The zero-order chi connectivity index (χ0) is 12.3. The molecule has 1 fully saturated rings. The average molecular weight is 229 g/mol. The largest absolute Gasteiger partial charge is 0.480 e. The molecule has 1 aliphatic carbocycles. The van der Waals surface area contributed by atoms with Gasteiger partial charge < -0.3 is 21.5 Å². The van der Waals surface area contributed by atoms with Crippen molar-refractivity contribution in [1.29, 1.82) is 0 Å². The van der Waals surface area contributed by atoms with E-state index >= 15 is 0 Å². The number of rotatable bonds is 5. The smallest absolute Gasteiger partial charge is 0.326 e. The highest BCUT2D eigenvalue weighted by atomic mass is 16.4. The number of primary amides is 1. The van der Waals surface area contributed by atoms with E-state index in [4.69, 9.17) is 10.8 Å². The summed E-state index contributed by atoms with van der Waals surface area (Å²) in [7, 11) is 0. The molecule has 2 unspecified atom stereocenters. The lowest BCUT2D eigenvalue weighted by molar-refractivity contribution is -0.140. The first-order valence-electron chi connectivity index (χ1n) is 4.98. The zero-order valence-electron chi connectivity index (χ0n) is 8.90. The van der Waals surface area contributed by atoms with Crippen molar-refractivity contribution < 1.29 is 19.5 Å². The number of urea groups is 1. The van der Waals surface area contributed by atoms with Gasteiger partial charge in [0.1, 0.15) is 6.04 Å². The monoisotopic (exact) mass is 229 g/mol. The molecule has 3 atom stereocenters. The van der Waals surface area contributed by atoms with Crippen molar-refractivity contribution >= 4 is 17.9 Å². The van der Waals surface area contributed by atoms with E-state index in [2.05, 4.69) is 10.6 Å². The van der Waals surface area contributed by atoms with Gasteiger partial charge in [0.2, 0.25) is 5.91 Å². The molecule has 0 aromatic heterocycles. The van der Waals surface area contributed by atoms with E-state index in [1.54, 1.807) is 0 Å². The topological polar surface area (TPSA) is 122 Å². The molecule has 0 bridgehead atoms. The van der Waals surface area contributed by atoms with Crippen LogP contribution in [0, 0.1) is 5.92 Å². The number of aliphatic carboxylic acids is 1. The van der Waals surface area contributed by atoms with Crippen molar-refractivity contribution in [2.45, 2.75) is 31.8 Å². The maximum atomic E-state index is 11.3. The molecule has 0 radical (unpaired) electrons. The average Bonchev–Trinajstić information content (AvgIpc) is 2.79. The number of hydrogen-bond acceptors (Lipinski definition) is 3. The Kier molecular flexibility index (Phi) is 3.70. The molecule has 0 aromatic rings. The van der Waals surface area contributed by atoms with Gasteiger partial charge in [-0.05, 0) is 12.3 Å². The molecular formula is C9H15N3O4. The Morgan fingerprint density at radius 2 is 2.06 bits per heavy atom. The van der Waals surface area contributed by atoms with E-state index in [1.807, 2.05) is 6.92 Å². The highest BCUT2D eigenvalue weighted by Gasteiger charge is 2.34. The summed E-state index contributed by atoms with van der Waals surface area (Å²) in [6, 6.07) is -1.75. The Morgan fingerprint density at radius 1 is 1.50 bits per heavy atom. The van der Waals surface area contributed by atoms with E-state index in [-0.39, 0.29) is 6.04 Å². The van der Waals surface area contributed by atoms with Gasteiger partial charge in [0, 0.05) is 6.04 Å². The van der Waals surface area contributed by atoms with Crippen molar-refractivity contribution in [3.05, 3.63) is 0 Å². The minimum absolute atomic E-state index is 0.100. The van der Waals surface area contributed by atoms with Crippen molar-refractivity contribution in [3.8, 4) is 0 Å². The number of amides is 3. The van der Waals surface area contributed by atoms with Crippen molar-refractivity contribution in [2.24, 2.45) is 11.7 Å². The van der Waals surface area contributed by atoms with Crippen LogP contribution < -0.4 is 16.4 Å². The Balaban J connectivity index is 2.38. The molecule has 1 rings (SSSR count). The molecule has 16 heavy (non-hydrogen) atoms. The van der Waals surface area contributed by atoms with Crippen molar-refractivity contribution in [2.75, 3.05) is 0 Å². The summed E-state index contributed by atoms with van der Waals surface area (Å²) < 4.78 is 0. The molecule has 1 saturated carbocycles. The van der Waals surface area contributed by atoms with Crippen LogP contribution in [0.25, 0.3) is 0 Å². The lowest BCUT2D eigenvalue weighted by atomic mass is 10.2. The predicted octanol–water partition coefficient (Wildman–Crippen LogP) is -0.977. The van der Waals surface area contributed by atoms with Crippen LogP contribution in [0.5, 0.6) is 0 Å². The number of carbonyl (C=O) groups is 3. The van der Waals surface area contributed by atoms with Gasteiger partial charge in [-0.1, -0.05) is 6.92 Å². The SMILES string of the molecule is CC1CC1NC(=O)N[C@H](CC(N)=O)C(=O)O. The molecule has 0 aromatic carbocycles. The maximum Gasteiger partial charge on any atom is 0.326 e. The van der Waals surface area contributed by atoms with Gasteiger partial charge in [-0.2, -0.15) is 0 Å². The number of hydrogen-bond donors (Lipinski definition) is 4. The van der Waals surface area contributed by atoms with Crippen LogP contribution in [0.3, 0.4) is 0 Å². The Labute approximate surface area is 92.4 Å². The third-order valence-corrected chi connectivity index (χ3v) is 2.43. The summed E-state index contributed by atoms with van der Waals surface area (Å²) in [6.07, 6.45) is 0.476. The van der Waals surface area contributed by atoms with Gasteiger partial charge in [-0.15, -0.1) is 0 Å². The summed E-state index contributed by atoms with van der Waals surface area (Å²) in [5, 5.41) is 13.5. The Bertz CT molecular complexity index is 318. The number of carboxylic acids is 1. The summed E-state index contributed by atoms with van der Waals surface area (Å²) >= 11 is 0. The quantitative estimate of drug-likeness (QED) is 0.484. The van der Waals surface area contributed by atoms with Crippen molar-refractivity contribution in [3.63, 3.8) is 0 Å². The Morgan fingerprint density at radius 3 is 2.44 bits per heavy atom. The highest BCUT2D eigenvalue weighted by molar-refractivity contribution is 5.87. The third-order valence-electron chi connectivity index (χ3n) is 2.43. The fourth-order valence-electron chi connectivity index (χ4n) is 1.29. The standard InChI is InChI=1S/C9H15N3O4/c1-4-2-5(4)11-9(16)12-6(8(14)15)3-7(10)13/h4-6H,2-3H2,1H3,(H2,10,13)(H,14,15)(H2,11,12,16)/t4?,5?,6-/m1/s1. The Hall–Kier alpha value is -1.79. The number of carboxylic acid groups (broad SMARTS) is 1. The van der Waals surface area contributed by atoms with Crippen LogP contribution in [-0.4, -0.2) is 35.1 Å². The summed E-state index contributed by atoms with van der Waals surface area (Å²) in [6.45, 7) is 1.98. The van der Waals surface area contributed by atoms with Crippen LogP contribution in [-0.2, 0) is 9.59 Å². The molecule has 0 spiro atoms. The lowest BCUT2D eigenvalue weighted by Gasteiger charge is -2.13. The van der Waals surface area contributed by atoms with Gasteiger partial charge in [0.15, 0.2) is 0 Å². The molecular weight excluding hydrogens is 214 g/mol. The minimum atomic E-state index is -1.28. The first-order chi connectivity index (χ1) is 7.40. The van der Waals surface area contributed by atoms with Gasteiger partial charge >= 0.3 is 12.0 Å². The van der Waals surface area contributed by atoms with E-state index < -0.39 is 30.4 Å². The molecule has 0 aliphatic heterocycles. The van der Waals surface area contributed by atoms with Gasteiger partial charge in [0.25, 0.3) is 0 Å². The van der Waals surface area contributed by atoms with Crippen LogP contribution in [0.15, 0.2) is 0 Å². The molecule has 1 aliphatic rings. The van der Waals surface area contributed by atoms with Crippen LogP contribution in [0.1, 0.15) is 19.8 Å². The molecule has 7 nitrogen and oxygen atoms in total. The number of nitrogens with one attached hydrogen (secondary N) is 2. The van der Waals surface area contributed by atoms with Crippen LogP contribution in [0.4, 0.5) is 4.79 Å². The van der Waals surface area contributed by atoms with E-state index in [0.717, 1.165) is 6.42 Å². The summed E-state index contributed by atoms with van der Waals surface area (Å²) in [5.41, 5.74) is 4.87. The molecule has 5 N–H and O–H groups in total. The molecule has 90 valence electrons. The van der Waals surface area contributed by atoms with Gasteiger partial charge in [0.05, 0.1) is 6.42 Å². The second-order valence-electron chi connectivity index (χ2n) is 4.00. The van der Waals surface area contributed by atoms with E-state index in [9.17, 15) is 14.4 Å². The first-order valence-corrected chi connectivity index (χ1v) is 4.98. The molecule has 0 saturated heterocycles. The first kappa shape index (κ1) is 12.3. The second-order valence-corrected chi connectivity index (χ2v) is 4.00. The van der Waals surface area contributed by atoms with Crippen LogP contribution in [0.2, 0.25) is 0 Å². The number of nitrogens with two attached hydrogens (primary N) is 1. The normalized spacial score (nSPS) is 24.3. The molecule has 3 amide bonds. The fraction of sp³-hybridized carbons (Fsp3) is 0.667. The molecule has 7 heteroatoms. The summed E-state index contributed by atoms with van der Waals surface area (Å²) in [5.74, 6) is -1.63. The van der Waals surface area contributed by atoms with E-state index in [0.29, 0.717) is 5.92 Å². The predicted molar refractivity (Wildman–Crippen MR) is 54.5 cm³/mol. The number of carbonyl (C=O) groups excluding carboxylic acids is 2. The minimum Gasteiger partial charge on any atom is -0.480 e. The van der Waals surface area contributed by atoms with Crippen molar-refractivity contribution in [1.82, 2.24) is 10.6 Å². The maximum absolute atomic E-state index is 11.3. The van der Waals surface area contributed by atoms with E-state index in [1.165, 1.54) is 0 Å². The zero-order valence-corrected chi connectivity index (χ0v) is 8.90. The lowest BCUT2D eigenvalue weighted by Crippen LogP contribution is -2.48.